The van der Waals surface area contributed by atoms with Gasteiger partial charge in [-0.2, -0.15) is 0 Å². The Morgan fingerprint density at radius 1 is 1.27 bits per heavy atom. The van der Waals surface area contributed by atoms with Gasteiger partial charge in [0, 0.05) is 35.8 Å². The first-order chi connectivity index (χ1) is 12.3. The molecule has 2 rings (SSSR count). The van der Waals surface area contributed by atoms with E-state index in [1.165, 1.54) is 5.48 Å². The highest BCUT2D eigenvalue weighted by atomic mass is 16.5. The Balaban J connectivity index is 2.03. The van der Waals surface area contributed by atoms with Crippen molar-refractivity contribution in [3.63, 3.8) is 0 Å². The van der Waals surface area contributed by atoms with E-state index in [0.29, 0.717) is 11.5 Å². The summed E-state index contributed by atoms with van der Waals surface area (Å²) in [6.45, 7) is 4.67. The highest BCUT2D eigenvalue weighted by Crippen LogP contribution is 2.14. The van der Waals surface area contributed by atoms with Crippen molar-refractivity contribution < 1.29 is 19.5 Å². The van der Waals surface area contributed by atoms with Crippen molar-refractivity contribution in [3.05, 3.63) is 35.4 Å². The third-order valence-electron chi connectivity index (χ3n) is 4.18. The molecule has 1 saturated heterocycles. The van der Waals surface area contributed by atoms with Crippen LogP contribution in [0.5, 0.6) is 0 Å². The summed E-state index contributed by atoms with van der Waals surface area (Å²) < 4.78 is 5.31. The summed E-state index contributed by atoms with van der Waals surface area (Å²) in [5.41, 5.74) is 7.58. The van der Waals surface area contributed by atoms with Gasteiger partial charge in [-0.1, -0.05) is 11.8 Å². The van der Waals surface area contributed by atoms with Gasteiger partial charge in [0.05, 0.1) is 0 Å². The summed E-state index contributed by atoms with van der Waals surface area (Å²) in [4.78, 5) is 24.1. The predicted molar refractivity (Wildman–Crippen MR) is 96.3 cm³/mol. The minimum Gasteiger partial charge on any atom is -0.381 e. The summed E-state index contributed by atoms with van der Waals surface area (Å²) >= 11 is 0. The van der Waals surface area contributed by atoms with Crippen molar-refractivity contribution in [2.45, 2.75) is 38.3 Å². The number of nitrogens with one attached hydrogen (secondary N) is 2. The maximum atomic E-state index is 12.4. The molecular weight excluding hydrogens is 334 g/mol. The van der Waals surface area contributed by atoms with Crippen LogP contribution < -0.4 is 16.5 Å². The molecule has 2 amide bonds. The number of rotatable bonds is 4. The molecule has 1 heterocycles. The predicted octanol–water partition coefficient (Wildman–Crippen LogP) is 0.806. The maximum Gasteiger partial charge on any atom is 0.267 e. The van der Waals surface area contributed by atoms with Gasteiger partial charge in [0.2, 0.25) is 0 Å². The second kappa shape index (κ2) is 8.81. The highest BCUT2D eigenvalue weighted by Gasteiger charge is 2.33. The van der Waals surface area contributed by atoms with Crippen molar-refractivity contribution >= 4 is 11.8 Å². The molecule has 0 spiro atoms. The molecule has 0 aliphatic carbocycles. The lowest BCUT2D eigenvalue weighted by molar-refractivity contribution is -0.132. The summed E-state index contributed by atoms with van der Waals surface area (Å²) in [6, 6.07) is 5.72. The lowest BCUT2D eigenvalue weighted by Crippen LogP contribution is -2.61. The highest BCUT2D eigenvalue weighted by molar-refractivity contribution is 5.97. The first kappa shape index (κ1) is 19.9. The normalized spacial score (nSPS) is 16.2. The summed E-state index contributed by atoms with van der Waals surface area (Å²) in [6.07, 6.45) is 1.88. The van der Waals surface area contributed by atoms with Crippen LogP contribution in [0, 0.1) is 17.8 Å². The standard InChI is InChI=1S/C19H25N3O4/c1-19(2,20)16(18(24)22-25)21-17(23)15-7-5-13(6-8-15)3-4-14-9-11-26-12-10-14/h5-8,14,16,25H,9-12,20H2,1-2H3,(H,21,23)(H,22,24). The van der Waals surface area contributed by atoms with Crippen molar-refractivity contribution in [1.29, 1.82) is 0 Å². The minimum absolute atomic E-state index is 0.344. The maximum absolute atomic E-state index is 12.4. The van der Waals surface area contributed by atoms with Gasteiger partial charge >= 0.3 is 0 Å². The van der Waals surface area contributed by atoms with Gasteiger partial charge in [0.15, 0.2) is 0 Å². The van der Waals surface area contributed by atoms with E-state index in [0.717, 1.165) is 31.6 Å². The fraction of sp³-hybridized carbons (Fsp3) is 0.474. The van der Waals surface area contributed by atoms with Crippen LogP contribution in [-0.4, -0.2) is 41.8 Å². The zero-order chi connectivity index (χ0) is 19.2. The third-order valence-corrected chi connectivity index (χ3v) is 4.18. The molecule has 1 aromatic rings. The summed E-state index contributed by atoms with van der Waals surface area (Å²) in [5.74, 6) is 5.46. The molecule has 1 aromatic carbocycles. The van der Waals surface area contributed by atoms with Gasteiger partial charge in [-0.25, -0.2) is 5.48 Å². The van der Waals surface area contributed by atoms with Crippen LogP contribution in [0.4, 0.5) is 0 Å². The van der Waals surface area contributed by atoms with E-state index in [1.807, 2.05) is 0 Å². The van der Waals surface area contributed by atoms with E-state index in [2.05, 4.69) is 17.2 Å². The van der Waals surface area contributed by atoms with Crippen LogP contribution in [0.25, 0.3) is 0 Å². The number of ether oxygens (including phenoxy) is 1. The Kier molecular flexibility index (Phi) is 6.75. The molecule has 1 fully saturated rings. The Morgan fingerprint density at radius 3 is 2.42 bits per heavy atom. The minimum atomic E-state index is -1.08. The van der Waals surface area contributed by atoms with Crippen LogP contribution in [0.15, 0.2) is 24.3 Å². The number of carbonyl (C=O) groups is 2. The monoisotopic (exact) mass is 359 g/mol. The third kappa shape index (κ3) is 5.56. The fourth-order valence-electron chi connectivity index (χ4n) is 2.60. The van der Waals surface area contributed by atoms with E-state index in [4.69, 9.17) is 15.7 Å². The molecule has 1 atom stereocenters. The Bertz CT molecular complexity index is 692. The largest absolute Gasteiger partial charge is 0.381 e. The van der Waals surface area contributed by atoms with Gasteiger partial charge in [-0.05, 0) is 51.0 Å². The van der Waals surface area contributed by atoms with Gasteiger partial charge in [0.1, 0.15) is 6.04 Å². The van der Waals surface area contributed by atoms with Crippen molar-refractivity contribution in [2.24, 2.45) is 11.7 Å². The Hall–Kier alpha value is -2.40. The van der Waals surface area contributed by atoms with E-state index in [1.54, 1.807) is 38.1 Å². The van der Waals surface area contributed by atoms with E-state index < -0.39 is 23.4 Å². The van der Waals surface area contributed by atoms with Gasteiger partial charge in [-0.3, -0.25) is 14.8 Å². The zero-order valence-corrected chi connectivity index (χ0v) is 15.0. The average molecular weight is 359 g/mol. The van der Waals surface area contributed by atoms with E-state index in [-0.39, 0.29) is 0 Å². The molecule has 1 aliphatic rings. The first-order valence-electron chi connectivity index (χ1n) is 8.54. The van der Waals surface area contributed by atoms with Crippen LogP contribution in [0.2, 0.25) is 0 Å². The number of amides is 2. The second-order valence-corrected chi connectivity index (χ2v) is 6.94. The van der Waals surface area contributed by atoms with Crippen LogP contribution in [-0.2, 0) is 9.53 Å². The van der Waals surface area contributed by atoms with Crippen molar-refractivity contribution in [3.8, 4) is 11.8 Å². The van der Waals surface area contributed by atoms with Crippen molar-refractivity contribution in [2.75, 3.05) is 13.2 Å². The number of nitrogens with two attached hydrogens (primary N) is 1. The molecule has 140 valence electrons. The molecule has 26 heavy (non-hydrogen) atoms. The second-order valence-electron chi connectivity index (χ2n) is 6.94. The Morgan fingerprint density at radius 2 is 1.88 bits per heavy atom. The number of benzene rings is 1. The number of hydroxylamine groups is 1. The van der Waals surface area contributed by atoms with Crippen LogP contribution >= 0.6 is 0 Å². The topological polar surface area (TPSA) is 114 Å². The molecular formula is C19H25N3O4. The number of hydrogen-bond donors (Lipinski definition) is 4. The summed E-state index contributed by atoms with van der Waals surface area (Å²) in [7, 11) is 0. The van der Waals surface area contributed by atoms with E-state index >= 15 is 0 Å². The lowest BCUT2D eigenvalue weighted by Gasteiger charge is -2.29. The number of carbonyl (C=O) groups excluding carboxylic acids is 2. The quantitative estimate of drug-likeness (QED) is 0.361. The number of hydrogen-bond acceptors (Lipinski definition) is 5. The summed E-state index contributed by atoms with van der Waals surface area (Å²) in [5, 5.41) is 11.4. The fourth-order valence-corrected chi connectivity index (χ4v) is 2.60. The Labute approximate surface area is 153 Å². The first-order valence-corrected chi connectivity index (χ1v) is 8.54. The lowest BCUT2D eigenvalue weighted by atomic mass is 9.95. The molecule has 7 nitrogen and oxygen atoms in total. The van der Waals surface area contributed by atoms with Gasteiger partial charge in [0.25, 0.3) is 11.8 Å². The van der Waals surface area contributed by atoms with Crippen molar-refractivity contribution in [1.82, 2.24) is 10.8 Å². The average Bonchev–Trinajstić information content (AvgIpc) is 2.64. The van der Waals surface area contributed by atoms with Gasteiger partial charge < -0.3 is 15.8 Å². The molecule has 0 saturated carbocycles. The van der Waals surface area contributed by atoms with E-state index in [9.17, 15) is 9.59 Å². The van der Waals surface area contributed by atoms with Crippen LogP contribution in [0.1, 0.15) is 42.6 Å². The molecule has 0 bridgehead atoms. The van der Waals surface area contributed by atoms with Crippen LogP contribution in [0.3, 0.4) is 0 Å². The molecule has 0 radical (unpaired) electrons. The zero-order valence-electron chi connectivity index (χ0n) is 15.0. The molecule has 1 aliphatic heterocycles. The molecule has 1 unspecified atom stereocenters. The molecule has 5 N–H and O–H groups in total. The van der Waals surface area contributed by atoms with Gasteiger partial charge in [-0.15, -0.1) is 0 Å². The SMILES string of the molecule is CC(C)(N)C(NC(=O)c1ccc(C#CC2CCOCC2)cc1)C(=O)NO. The smallest absolute Gasteiger partial charge is 0.267 e. The molecule has 0 aromatic heterocycles. The molecule has 7 heteroatoms.